The molecule has 30 heavy (non-hydrogen) atoms. The lowest BCUT2D eigenvalue weighted by Gasteiger charge is -2.28. The van der Waals surface area contributed by atoms with Crippen molar-refractivity contribution in [3.63, 3.8) is 0 Å². The van der Waals surface area contributed by atoms with E-state index < -0.39 is 0 Å². The molecule has 0 saturated heterocycles. The van der Waals surface area contributed by atoms with Crippen LogP contribution in [0.1, 0.15) is 58.2 Å². The molecule has 0 atom stereocenters. The minimum atomic E-state index is -0.146. The zero-order valence-electron chi connectivity index (χ0n) is 18.7. The molecule has 0 unspecified atom stereocenters. The summed E-state index contributed by atoms with van der Waals surface area (Å²) in [6, 6.07) is 14.7. The van der Waals surface area contributed by atoms with Crippen molar-refractivity contribution >= 4 is 33.4 Å². The highest BCUT2D eigenvalue weighted by Gasteiger charge is 2.27. The third-order valence-corrected chi connectivity index (χ3v) is 5.86. The molecule has 0 amide bonds. The number of benzene rings is 2. The Bertz CT molecular complexity index is 934. The topological polar surface area (TPSA) is 45.2 Å². The van der Waals surface area contributed by atoms with E-state index in [1.807, 2.05) is 6.07 Å². The number of phenolic OH excluding ortho intramolecular Hbond substituents is 1. The van der Waals surface area contributed by atoms with Gasteiger partial charge < -0.3 is 10.4 Å². The van der Waals surface area contributed by atoms with Gasteiger partial charge in [-0.15, -0.1) is 28.3 Å². The lowest BCUT2D eigenvalue weighted by Crippen LogP contribution is -2.17. The fraction of sp³-hybridized carbons (Fsp3) is 0.400. The summed E-state index contributed by atoms with van der Waals surface area (Å²) in [5.41, 5.74) is 4.97. The van der Waals surface area contributed by atoms with Crippen molar-refractivity contribution in [2.75, 3.05) is 11.9 Å². The van der Waals surface area contributed by atoms with Crippen molar-refractivity contribution in [3.05, 3.63) is 64.5 Å². The van der Waals surface area contributed by atoms with Gasteiger partial charge in [0.15, 0.2) is 5.13 Å². The van der Waals surface area contributed by atoms with Crippen LogP contribution in [0.25, 0.3) is 11.3 Å². The molecule has 0 aliphatic heterocycles. The molecule has 5 heteroatoms. The highest BCUT2D eigenvalue weighted by atomic mass is 79.9. The molecule has 0 aliphatic rings. The highest BCUT2D eigenvalue weighted by molar-refractivity contribution is 8.93. The van der Waals surface area contributed by atoms with Crippen LogP contribution in [0.15, 0.2) is 47.8 Å². The summed E-state index contributed by atoms with van der Waals surface area (Å²) in [5.74, 6) is 0.408. The largest absolute Gasteiger partial charge is 0.507 e. The van der Waals surface area contributed by atoms with Crippen LogP contribution in [0.3, 0.4) is 0 Å². The standard InChI is InChI=1S/C25H32N2OS.BrH/c1-24(2,3)19-14-18(15-20(22(19)28)25(4,5)6)21-16-29-23(27-21)26-13-12-17-10-8-7-9-11-17;/h7-11,14-16,28H,12-13H2,1-6H3,(H,26,27);1H. The van der Waals surface area contributed by atoms with Gasteiger partial charge in [-0.3, -0.25) is 0 Å². The van der Waals surface area contributed by atoms with Gasteiger partial charge in [-0.25, -0.2) is 4.98 Å². The normalized spacial score (nSPS) is 11.8. The average Bonchev–Trinajstić information content (AvgIpc) is 3.10. The number of anilines is 1. The average molecular weight is 490 g/mol. The van der Waals surface area contributed by atoms with Gasteiger partial charge in [-0.1, -0.05) is 71.9 Å². The number of halogens is 1. The molecular weight excluding hydrogens is 456 g/mol. The van der Waals surface area contributed by atoms with Crippen molar-refractivity contribution < 1.29 is 5.11 Å². The molecule has 3 aromatic rings. The van der Waals surface area contributed by atoms with E-state index in [4.69, 9.17) is 4.98 Å². The Kier molecular flexibility index (Phi) is 7.75. The van der Waals surface area contributed by atoms with E-state index in [0.29, 0.717) is 5.75 Å². The Morgan fingerprint density at radius 1 is 0.933 bits per heavy atom. The maximum Gasteiger partial charge on any atom is 0.183 e. The fourth-order valence-electron chi connectivity index (χ4n) is 3.37. The minimum absolute atomic E-state index is 0. The molecule has 1 aromatic heterocycles. The van der Waals surface area contributed by atoms with Gasteiger partial charge in [0, 0.05) is 28.6 Å². The molecule has 0 bridgehead atoms. The molecule has 2 aromatic carbocycles. The summed E-state index contributed by atoms with van der Waals surface area (Å²) in [5, 5.41) is 17.4. The summed E-state index contributed by atoms with van der Waals surface area (Å²) in [6.45, 7) is 13.7. The minimum Gasteiger partial charge on any atom is -0.507 e. The van der Waals surface area contributed by atoms with Gasteiger partial charge in [-0.2, -0.15) is 0 Å². The summed E-state index contributed by atoms with van der Waals surface area (Å²) < 4.78 is 0. The first-order valence-electron chi connectivity index (χ1n) is 10.2. The highest BCUT2D eigenvalue weighted by Crippen LogP contribution is 2.42. The number of aromatic nitrogens is 1. The Balaban J connectivity index is 0.00000320. The lowest BCUT2D eigenvalue weighted by molar-refractivity contribution is 0.423. The Labute approximate surface area is 195 Å². The second kappa shape index (κ2) is 9.52. The zero-order valence-corrected chi connectivity index (χ0v) is 21.3. The van der Waals surface area contributed by atoms with Crippen LogP contribution in [-0.2, 0) is 17.3 Å². The molecule has 3 rings (SSSR count). The molecule has 1 heterocycles. The van der Waals surface area contributed by atoms with E-state index in [1.54, 1.807) is 11.3 Å². The first kappa shape index (κ1) is 24.4. The predicted octanol–water partition coefficient (Wildman–Crippen LogP) is 7.34. The number of nitrogens with zero attached hydrogens (tertiary/aromatic N) is 1. The summed E-state index contributed by atoms with van der Waals surface area (Å²) >= 11 is 1.63. The summed E-state index contributed by atoms with van der Waals surface area (Å²) in [7, 11) is 0. The van der Waals surface area contributed by atoms with Gasteiger partial charge >= 0.3 is 0 Å². The molecular formula is C25H33BrN2OS. The number of nitrogens with one attached hydrogen (secondary N) is 1. The van der Waals surface area contributed by atoms with Crippen LogP contribution < -0.4 is 5.32 Å². The Hall–Kier alpha value is -1.85. The number of hydrogen-bond acceptors (Lipinski definition) is 4. The van der Waals surface area contributed by atoms with Crippen molar-refractivity contribution in [3.8, 4) is 17.0 Å². The molecule has 0 spiro atoms. The van der Waals surface area contributed by atoms with Crippen LogP contribution in [0, 0.1) is 0 Å². The molecule has 0 aliphatic carbocycles. The number of phenols is 1. The maximum atomic E-state index is 10.9. The third kappa shape index (κ3) is 5.86. The third-order valence-electron chi connectivity index (χ3n) is 5.06. The number of thiazole rings is 1. The van der Waals surface area contributed by atoms with Crippen LogP contribution in [0.4, 0.5) is 5.13 Å². The summed E-state index contributed by atoms with van der Waals surface area (Å²) in [4.78, 5) is 4.81. The molecule has 2 N–H and O–H groups in total. The number of aromatic hydroxyl groups is 1. The summed E-state index contributed by atoms with van der Waals surface area (Å²) in [6.07, 6.45) is 0.970. The number of hydrogen-bond donors (Lipinski definition) is 2. The van der Waals surface area contributed by atoms with Gasteiger partial charge in [0.1, 0.15) is 5.75 Å². The monoisotopic (exact) mass is 488 g/mol. The predicted molar refractivity (Wildman–Crippen MR) is 136 cm³/mol. The van der Waals surface area contributed by atoms with Crippen molar-refractivity contribution in [1.82, 2.24) is 4.98 Å². The van der Waals surface area contributed by atoms with E-state index in [9.17, 15) is 5.11 Å². The van der Waals surface area contributed by atoms with Crippen molar-refractivity contribution in [2.24, 2.45) is 0 Å². The van der Waals surface area contributed by atoms with Crippen molar-refractivity contribution in [1.29, 1.82) is 0 Å². The van der Waals surface area contributed by atoms with Crippen LogP contribution in [0.5, 0.6) is 5.75 Å². The molecule has 162 valence electrons. The number of rotatable bonds is 5. The van der Waals surface area contributed by atoms with Crippen LogP contribution >= 0.6 is 28.3 Å². The second-order valence-electron chi connectivity index (χ2n) is 9.62. The Morgan fingerprint density at radius 2 is 1.50 bits per heavy atom. The van der Waals surface area contributed by atoms with E-state index in [1.165, 1.54) is 5.56 Å². The lowest BCUT2D eigenvalue weighted by atomic mass is 9.78. The maximum absolute atomic E-state index is 10.9. The molecule has 3 nitrogen and oxygen atoms in total. The molecule has 0 fully saturated rings. The first-order chi connectivity index (χ1) is 13.6. The van der Waals surface area contributed by atoms with E-state index in [-0.39, 0.29) is 27.8 Å². The van der Waals surface area contributed by atoms with Gasteiger partial charge in [0.05, 0.1) is 5.69 Å². The van der Waals surface area contributed by atoms with Gasteiger partial charge in [0.2, 0.25) is 0 Å². The molecule has 0 radical (unpaired) electrons. The second-order valence-corrected chi connectivity index (χ2v) is 10.5. The van der Waals surface area contributed by atoms with Crippen LogP contribution in [-0.4, -0.2) is 16.6 Å². The zero-order chi connectivity index (χ0) is 21.2. The van der Waals surface area contributed by atoms with E-state index >= 15 is 0 Å². The fourth-order valence-corrected chi connectivity index (χ4v) is 4.12. The molecule has 0 saturated carbocycles. The Morgan fingerprint density at radius 3 is 2.03 bits per heavy atom. The van der Waals surface area contributed by atoms with Gasteiger partial charge in [-0.05, 0) is 34.9 Å². The SMILES string of the molecule is Br.CC(C)(C)c1cc(-c2csc(NCCc3ccccc3)n2)cc(C(C)(C)C)c1O. The van der Waals surface area contributed by atoms with E-state index in [0.717, 1.165) is 40.5 Å². The van der Waals surface area contributed by atoms with Crippen molar-refractivity contribution in [2.45, 2.75) is 58.8 Å². The first-order valence-corrected chi connectivity index (χ1v) is 11.1. The quantitative estimate of drug-likeness (QED) is 0.394. The van der Waals surface area contributed by atoms with Gasteiger partial charge in [0.25, 0.3) is 0 Å². The van der Waals surface area contributed by atoms with Crippen LogP contribution in [0.2, 0.25) is 0 Å². The smallest absolute Gasteiger partial charge is 0.183 e. The van der Waals surface area contributed by atoms with E-state index in [2.05, 4.69) is 88.6 Å².